The fourth-order valence-electron chi connectivity index (χ4n) is 2.95. The number of nitrogens with two attached hydrogens (primary N) is 1. The van der Waals surface area contributed by atoms with E-state index in [9.17, 15) is 14.0 Å². The van der Waals surface area contributed by atoms with E-state index < -0.39 is 6.04 Å². The lowest BCUT2D eigenvalue weighted by Crippen LogP contribution is -2.50. The number of piperidine rings is 1. The Morgan fingerprint density at radius 3 is 2.42 bits per heavy atom. The topological polar surface area (TPSA) is 87.5 Å². The molecule has 26 heavy (non-hydrogen) atoms. The first-order valence-electron chi connectivity index (χ1n) is 9.14. The molecule has 1 atom stereocenters. The molecule has 0 spiro atoms. The second-order valence-electron chi connectivity index (χ2n) is 7.23. The Balaban J connectivity index is 1.67. The summed E-state index contributed by atoms with van der Waals surface area (Å²) in [4.78, 5) is 26.1. The first kappa shape index (κ1) is 20.3. The van der Waals surface area contributed by atoms with Gasteiger partial charge in [0.05, 0.1) is 12.6 Å². The van der Waals surface area contributed by atoms with Gasteiger partial charge in [-0.05, 0) is 36.5 Å². The van der Waals surface area contributed by atoms with E-state index in [0.29, 0.717) is 0 Å². The van der Waals surface area contributed by atoms with Crippen LogP contribution in [0.1, 0.15) is 32.3 Å². The molecule has 2 amide bonds. The Morgan fingerprint density at radius 1 is 1.23 bits per heavy atom. The SMILES string of the molecule is CC(C)[C@H](N)C(=O)NCC(=O)NC1CCN(Cc2ccc(F)cc2)CC1. The number of hydrogen-bond donors (Lipinski definition) is 3. The predicted octanol–water partition coefficient (Wildman–Crippen LogP) is 1.01. The van der Waals surface area contributed by atoms with Crippen LogP contribution in [0.25, 0.3) is 0 Å². The van der Waals surface area contributed by atoms with E-state index in [1.807, 2.05) is 13.8 Å². The summed E-state index contributed by atoms with van der Waals surface area (Å²) in [5.74, 6) is -0.685. The molecule has 144 valence electrons. The molecular weight excluding hydrogens is 335 g/mol. The van der Waals surface area contributed by atoms with Crippen LogP contribution in [0.5, 0.6) is 0 Å². The normalized spacial score (nSPS) is 17.1. The lowest BCUT2D eigenvalue weighted by atomic mass is 10.0. The van der Waals surface area contributed by atoms with Gasteiger partial charge in [-0.3, -0.25) is 14.5 Å². The molecule has 0 aliphatic carbocycles. The van der Waals surface area contributed by atoms with Crippen LogP contribution in [0.2, 0.25) is 0 Å². The molecule has 6 nitrogen and oxygen atoms in total. The number of likely N-dealkylation sites (tertiary alicyclic amines) is 1. The minimum Gasteiger partial charge on any atom is -0.352 e. The van der Waals surface area contributed by atoms with Crippen LogP contribution in [0.4, 0.5) is 4.39 Å². The molecule has 1 saturated heterocycles. The van der Waals surface area contributed by atoms with Crippen LogP contribution in [0, 0.1) is 11.7 Å². The van der Waals surface area contributed by atoms with E-state index >= 15 is 0 Å². The Morgan fingerprint density at radius 2 is 1.85 bits per heavy atom. The van der Waals surface area contributed by atoms with E-state index in [1.54, 1.807) is 12.1 Å². The number of carbonyl (C=O) groups is 2. The molecule has 0 radical (unpaired) electrons. The molecule has 0 bridgehead atoms. The Hall–Kier alpha value is -1.99. The maximum Gasteiger partial charge on any atom is 0.239 e. The van der Waals surface area contributed by atoms with Gasteiger partial charge in [0.25, 0.3) is 0 Å². The van der Waals surface area contributed by atoms with Gasteiger partial charge in [-0.25, -0.2) is 4.39 Å². The van der Waals surface area contributed by atoms with E-state index in [-0.39, 0.29) is 36.1 Å². The zero-order chi connectivity index (χ0) is 19.1. The summed E-state index contributed by atoms with van der Waals surface area (Å²) in [7, 11) is 0. The average molecular weight is 364 g/mol. The Labute approximate surface area is 154 Å². The highest BCUT2D eigenvalue weighted by Gasteiger charge is 2.22. The number of nitrogens with zero attached hydrogens (tertiary/aromatic N) is 1. The van der Waals surface area contributed by atoms with Gasteiger partial charge >= 0.3 is 0 Å². The second kappa shape index (κ2) is 9.64. The van der Waals surface area contributed by atoms with E-state index in [2.05, 4.69) is 15.5 Å². The minimum atomic E-state index is -0.600. The van der Waals surface area contributed by atoms with Crippen molar-refractivity contribution in [3.63, 3.8) is 0 Å². The molecule has 7 heteroatoms. The van der Waals surface area contributed by atoms with Crippen molar-refractivity contribution in [2.24, 2.45) is 11.7 Å². The van der Waals surface area contributed by atoms with Crippen molar-refractivity contribution in [1.29, 1.82) is 0 Å². The van der Waals surface area contributed by atoms with Gasteiger partial charge in [0, 0.05) is 25.7 Å². The van der Waals surface area contributed by atoms with Crippen molar-refractivity contribution in [2.45, 2.75) is 45.3 Å². The highest BCUT2D eigenvalue weighted by molar-refractivity contribution is 5.87. The zero-order valence-corrected chi connectivity index (χ0v) is 15.5. The van der Waals surface area contributed by atoms with Crippen LogP contribution in [0.15, 0.2) is 24.3 Å². The van der Waals surface area contributed by atoms with Crippen LogP contribution in [0.3, 0.4) is 0 Å². The summed E-state index contributed by atoms with van der Waals surface area (Å²) < 4.78 is 12.9. The van der Waals surface area contributed by atoms with Gasteiger partial charge in [-0.1, -0.05) is 26.0 Å². The highest BCUT2D eigenvalue weighted by atomic mass is 19.1. The van der Waals surface area contributed by atoms with Gasteiger partial charge in [0.1, 0.15) is 5.82 Å². The number of rotatable bonds is 7. The van der Waals surface area contributed by atoms with Crippen molar-refractivity contribution < 1.29 is 14.0 Å². The highest BCUT2D eigenvalue weighted by Crippen LogP contribution is 2.14. The molecule has 0 aromatic heterocycles. The molecule has 1 heterocycles. The third kappa shape index (κ3) is 6.38. The molecule has 1 fully saturated rings. The smallest absolute Gasteiger partial charge is 0.239 e. The summed E-state index contributed by atoms with van der Waals surface area (Å²) in [5.41, 5.74) is 6.83. The lowest BCUT2D eigenvalue weighted by Gasteiger charge is -2.32. The largest absolute Gasteiger partial charge is 0.352 e. The molecule has 1 aliphatic rings. The molecule has 1 aliphatic heterocycles. The van der Waals surface area contributed by atoms with Crippen LogP contribution < -0.4 is 16.4 Å². The fourth-order valence-corrected chi connectivity index (χ4v) is 2.95. The van der Waals surface area contributed by atoms with Crippen molar-refractivity contribution in [2.75, 3.05) is 19.6 Å². The summed E-state index contributed by atoms with van der Waals surface area (Å²) in [6, 6.07) is 6.06. The molecule has 0 unspecified atom stereocenters. The molecular formula is C19H29FN4O2. The molecule has 4 N–H and O–H groups in total. The lowest BCUT2D eigenvalue weighted by molar-refractivity contribution is -0.127. The summed E-state index contributed by atoms with van der Waals surface area (Å²) in [6.07, 6.45) is 1.71. The monoisotopic (exact) mass is 364 g/mol. The third-order valence-electron chi connectivity index (χ3n) is 4.72. The Bertz CT molecular complexity index is 598. The summed E-state index contributed by atoms with van der Waals surface area (Å²) in [6.45, 7) is 6.20. The molecule has 1 aromatic carbocycles. The maximum absolute atomic E-state index is 12.9. The fraction of sp³-hybridized carbons (Fsp3) is 0.579. The average Bonchev–Trinajstić information content (AvgIpc) is 2.62. The minimum absolute atomic E-state index is 0.0310. The van der Waals surface area contributed by atoms with Crippen molar-refractivity contribution in [1.82, 2.24) is 15.5 Å². The van der Waals surface area contributed by atoms with E-state index in [4.69, 9.17) is 5.73 Å². The maximum atomic E-state index is 12.9. The molecule has 1 aromatic rings. The number of nitrogens with one attached hydrogen (secondary N) is 2. The predicted molar refractivity (Wildman–Crippen MR) is 98.7 cm³/mol. The number of halogens is 1. The number of carbonyl (C=O) groups excluding carboxylic acids is 2. The summed E-state index contributed by atoms with van der Waals surface area (Å²) in [5, 5.41) is 5.55. The number of hydrogen-bond acceptors (Lipinski definition) is 4. The van der Waals surface area contributed by atoms with Gasteiger partial charge < -0.3 is 16.4 Å². The van der Waals surface area contributed by atoms with Crippen LogP contribution in [-0.2, 0) is 16.1 Å². The van der Waals surface area contributed by atoms with Gasteiger partial charge in [0.15, 0.2) is 0 Å². The van der Waals surface area contributed by atoms with Gasteiger partial charge in [0.2, 0.25) is 11.8 Å². The first-order valence-corrected chi connectivity index (χ1v) is 9.14. The third-order valence-corrected chi connectivity index (χ3v) is 4.72. The molecule has 0 saturated carbocycles. The molecule has 2 rings (SSSR count). The number of amides is 2. The quantitative estimate of drug-likeness (QED) is 0.674. The van der Waals surface area contributed by atoms with Crippen molar-refractivity contribution in [3.05, 3.63) is 35.6 Å². The second-order valence-corrected chi connectivity index (χ2v) is 7.23. The summed E-state index contributed by atoms with van der Waals surface area (Å²) >= 11 is 0. The standard InChI is InChI=1S/C19H29FN4O2/c1-13(2)18(21)19(26)22-11-17(25)23-16-7-9-24(10-8-16)12-14-3-5-15(20)6-4-14/h3-6,13,16,18H,7-12,21H2,1-2H3,(H,22,26)(H,23,25)/t18-/m0/s1. The van der Waals surface area contributed by atoms with E-state index in [0.717, 1.165) is 38.0 Å². The van der Waals surface area contributed by atoms with Crippen LogP contribution >= 0.6 is 0 Å². The van der Waals surface area contributed by atoms with Crippen molar-refractivity contribution in [3.8, 4) is 0 Å². The van der Waals surface area contributed by atoms with Gasteiger partial charge in [-0.15, -0.1) is 0 Å². The number of benzene rings is 1. The zero-order valence-electron chi connectivity index (χ0n) is 15.5. The van der Waals surface area contributed by atoms with E-state index in [1.165, 1.54) is 12.1 Å². The van der Waals surface area contributed by atoms with Crippen LogP contribution in [-0.4, -0.2) is 48.4 Å². The first-order chi connectivity index (χ1) is 12.3. The van der Waals surface area contributed by atoms with Crippen molar-refractivity contribution >= 4 is 11.8 Å². The van der Waals surface area contributed by atoms with Gasteiger partial charge in [-0.2, -0.15) is 0 Å². The Kier molecular flexibility index (Phi) is 7.53.